The lowest BCUT2D eigenvalue weighted by Crippen LogP contribution is -2.66. The molecule has 5 unspecified atom stereocenters. The van der Waals surface area contributed by atoms with Crippen molar-refractivity contribution in [1.82, 2.24) is 0 Å². The molecule has 34 heavy (non-hydrogen) atoms. The zero-order chi connectivity index (χ0) is 25.1. The zero-order valence-electron chi connectivity index (χ0n) is 22.5. The fraction of sp³-hybridized carbons (Fsp3) is 0.867. The molecule has 0 aromatic carbocycles. The summed E-state index contributed by atoms with van der Waals surface area (Å²) in [5.41, 5.74) is 0.142. The molecule has 5 rings (SSSR count). The number of aliphatic hydroxyl groups is 1. The van der Waals surface area contributed by atoms with Gasteiger partial charge in [0.2, 0.25) is 0 Å². The number of fused-ring (bicyclic) bond motifs is 7. The van der Waals surface area contributed by atoms with Crippen LogP contribution in [0, 0.1) is 50.2 Å². The largest absolute Gasteiger partial charge is 0.481 e. The maximum Gasteiger partial charge on any atom is 0.309 e. The van der Waals surface area contributed by atoms with Gasteiger partial charge in [-0.2, -0.15) is 0 Å². The molecule has 5 aliphatic carbocycles. The molecule has 4 fully saturated rings. The normalized spacial score (nSPS) is 54.1. The van der Waals surface area contributed by atoms with Crippen LogP contribution in [0.3, 0.4) is 0 Å². The lowest BCUT2D eigenvalue weighted by molar-refractivity contribution is -0.202. The highest BCUT2D eigenvalue weighted by Crippen LogP contribution is 2.75. The highest BCUT2D eigenvalue weighted by molar-refractivity contribution is 5.95. The maximum absolute atomic E-state index is 14.2. The lowest BCUT2D eigenvalue weighted by Gasteiger charge is -2.70. The number of aliphatic carboxylic acids is 1. The van der Waals surface area contributed by atoms with Crippen molar-refractivity contribution in [2.75, 3.05) is 0 Å². The van der Waals surface area contributed by atoms with Crippen molar-refractivity contribution in [1.29, 1.82) is 0 Å². The van der Waals surface area contributed by atoms with Crippen LogP contribution < -0.4 is 0 Å². The van der Waals surface area contributed by atoms with Crippen LogP contribution in [0.4, 0.5) is 0 Å². The number of carboxylic acids is 1. The Kier molecular flexibility index (Phi) is 5.04. The minimum Gasteiger partial charge on any atom is -0.481 e. The molecule has 0 aliphatic heterocycles. The third-order valence-corrected chi connectivity index (χ3v) is 13.1. The molecular formula is C30H46O4. The molecule has 0 amide bonds. The molecule has 0 saturated heterocycles. The molecule has 0 bridgehead atoms. The summed E-state index contributed by atoms with van der Waals surface area (Å²) in [6, 6.07) is 0. The van der Waals surface area contributed by atoms with Gasteiger partial charge < -0.3 is 10.2 Å². The van der Waals surface area contributed by atoms with Gasteiger partial charge in [0.05, 0.1) is 11.5 Å². The first-order valence-electron chi connectivity index (χ1n) is 13.7. The second kappa shape index (κ2) is 6.99. The number of aliphatic hydroxyl groups excluding tert-OH is 1. The van der Waals surface area contributed by atoms with Crippen LogP contribution in [0.15, 0.2) is 11.6 Å². The Morgan fingerprint density at radius 2 is 1.56 bits per heavy atom. The van der Waals surface area contributed by atoms with Crippen molar-refractivity contribution in [2.45, 2.75) is 112 Å². The summed E-state index contributed by atoms with van der Waals surface area (Å²) in [6.45, 7) is 15.8. The number of carbonyl (C=O) groups excluding carboxylic acids is 1. The van der Waals surface area contributed by atoms with Crippen LogP contribution in [0.2, 0.25) is 0 Å². The average molecular weight is 471 g/mol. The SMILES string of the molecule is CC1(C)C(O)CC[C@@]2(C)C1CC[C@]1(C)C2C(=O)C=C2C3C[C@@](C)(C(=O)O)CC[C@]3(C)CCC21C. The summed E-state index contributed by atoms with van der Waals surface area (Å²) in [4.78, 5) is 26.4. The first kappa shape index (κ1) is 24.5. The maximum atomic E-state index is 14.2. The van der Waals surface area contributed by atoms with Gasteiger partial charge in [-0.15, -0.1) is 0 Å². The Morgan fingerprint density at radius 1 is 0.912 bits per heavy atom. The number of ketones is 1. The number of allylic oxidation sites excluding steroid dienone is 2. The van der Waals surface area contributed by atoms with E-state index >= 15 is 0 Å². The van der Waals surface area contributed by atoms with Gasteiger partial charge in [-0.05, 0) is 110 Å². The van der Waals surface area contributed by atoms with Gasteiger partial charge in [-0.25, -0.2) is 0 Å². The Hall–Kier alpha value is -1.16. The molecular weight excluding hydrogens is 424 g/mol. The smallest absolute Gasteiger partial charge is 0.309 e. The fourth-order valence-electron chi connectivity index (χ4n) is 10.4. The van der Waals surface area contributed by atoms with E-state index in [1.54, 1.807) is 0 Å². The molecule has 2 N–H and O–H groups in total. The van der Waals surface area contributed by atoms with E-state index in [2.05, 4.69) is 41.5 Å². The minimum atomic E-state index is -0.711. The molecule has 0 radical (unpaired) electrons. The van der Waals surface area contributed by atoms with Gasteiger partial charge in [0.15, 0.2) is 5.78 Å². The second-order valence-electron chi connectivity index (χ2n) is 14.9. The van der Waals surface area contributed by atoms with Gasteiger partial charge in [0.1, 0.15) is 0 Å². The highest BCUT2D eigenvalue weighted by atomic mass is 16.4. The summed E-state index contributed by atoms with van der Waals surface area (Å²) in [5.74, 6) is 0.0603. The van der Waals surface area contributed by atoms with E-state index in [1.165, 1.54) is 5.57 Å². The van der Waals surface area contributed by atoms with E-state index in [1.807, 2.05) is 13.0 Å². The summed E-state index contributed by atoms with van der Waals surface area (Å²) >= 11 is 0. The van der Waals surface area contributed by atoms with E-state index < -0.39 is 11.4 Å². The standard InChI is InChI=1S/C30H46O4/c1-25(2)21-8-11-30(7)23(28(21,5)10-9-22(25)32)20(31)16-18-19-17-27(4,24(33)34)13-12-26(19,3)14-15-29(18,30)6/h16,19,21-23,32H,8-15,17H2,1-7H3,(H,33,34)/t19?,21?,22?,23?,26-,27+,28+,29?,30-/m1/s1. The second-order valence-corrected chi connectivity index (χ2v) is 14.9. The van der Waals surface area contributed by atoms with Crippen molar-refractivity contribution in [3.8, 4) is 0 Å². The third kappa shape index (κ3) is 2.81. The molecule has 9 atom stereocenters. The van der Waals surface area contributed by atoms with Crippen LogP contribution in [-0.2, 0) is 9.59 Å². The molecule has 0 aromatic rings. The van der Waals surface area contributed by atoms with Crippen molar-refractivity contribution >= 4 is 11.8 Å². The van der Waals surface area contributed by atoms with E-state index in [4.69, 9.17) is 0 Å². The van der Waals surface area contributed by atoms with E-state index in [9.17, 15) is 19.8 Å². The topological polar surface area (TPSA) is 74.6 Å². The summed E-state index contributed by atoms with van der Waals surface area (Å²) in [5, 5.41) is 20.9. The van der Waals surface area contributed by atoms with Gasteiger partial charge in [0.25, 0.3) is 0 Å². The van der Waals surface area contributed by atoms with E-state index in [0.29, 0.717) is 12.3 Å². The fourth-order valence-corrected chi connectivity index (χ4v) is 10.4. The quantitative estimate of drug-likeness (QED) is 0.464. The molecule has 5 aliphatic rings. The Bertz CT molecular complexity index is 965. The molecule has 0 heterocycles. The van der Waals surface area contributed by atoms with Gasteiger partial charge >= 0.3 is 5.97 Å². The Labute approximate surface area is 206 Å². The number of hydrogen-bond donors (Lipinski definition) is 2. The third-order valence-electron chi connectivity index (χ3n) is 13.1. The molecule has 0 spiro atoms. The van der Waals surface area contributed by atoms with Crippen molar-refractivity contribution in [3.63, 3.8) is 0 Å². The lowest BCUT2D eigenvalue weighted by atomic mass is 9.33. The number of rotatable bonds is 1. The zero-order valence-corrected chi connectivity index (χ0v) is 22.5. The predicted molar refractivity (Wildman–Crippen MR) is 133 cm³/mol. The number of carboxylic acid groups (broad SMARTS) is 1. The minimum absolute atomic E-state index is 0.0296. The summed E-state index contributed by atoms with van der Waals surface area (Å²) in [6.07, 6.45) is 9.95. The molecule has 0 aromatic heterocycles. The monoisotopic (exact) mass is 470 g/mol. The van der Waals surface area contributed by atoms with Crippen LogP contribution >= 0.6 is 0 Å². The van der Waals surface area contributed by atoms with E-state index in [-0.39, 0.29) is 50.8 Å². The molecule has 4 saturated carbocycles. The number of hydrogen-bond acceptors (Lipinski definition) is 3. The van der Waals surface area contributed by atoms with Crippen molar-refractivity contribution in [2.24, 2.45) is 50.2 Å². The van der Waals surface area contributed by atoms with Crippen LogP contribution in [0.5, 0.6) is 0 Å². The van der Waals surface area contributed by atoms with Crippen molar-refractivity contribution < 1.29 is 19.8 Å². The summed E-state index contributed by atoms with van der Waals surface area (Å²) < 4.78 is 0. The Balaban J connectivity index is 1.62. The average Bonchev–Trinajstić information content (AvgIpc) is 2.73. The van der Waals surface area contributed by atoms with Crippen LogP contribution in [0.1, 0.15) is 106 Å². The van der Waals surface area contributed by atoms with Crippen LogP contribution in [0.25, 0.3) is 0 Å². The first-order chi connectivity index (χ1) is 15.6. The van der Waals surface area contributed by atoms with Gasteiger partial charge in [-0.3, -0.25) is 9.59 Å². The number of carbonyl (C=O) groups is 2. The highest BCUT2D eigenvalue weighted by Gasteiger charge is 2.70. The molecule has 4 heteroatoms. The Morgan fingerprint density at radius 3 is 2.21 bits per heavy atom. The van der Waals surface area contributed by atoms with Crippen LogP contribution in [-0.4, -0.2) is 28.1 Å². The summed E-state index contributed by atoms with van der Waals surface area (Å²) in [7, 11) is 0. The van der Waals surface area contributed by atoms with Gasteiger partial charge in [0, 0.05) is 5.92 Å². The molecule has 4 nitrogen and oxygen atoms in total. The predicted octanol–water partition coefficient (Wildman–Crippen LogP) is 6.41. The van der Waals surface area contributed by atoms with E-state index in [0.717, 1.165) is 51.4 Å². The molecule has 190 valence electrons. The van der Waals surface area contributed by atoms with Crippen molar-refractivity contribution in [3.05, 3.63) is 11.6 Å². The van der Waals surface area contributed by atoms with Gasteiger partial charge in [-0.1, -0.05) is 47.1 Å². The first-order valence-corrected chi connectivity index (χ1v) is 13.7.